The predicted molar refractivity (Wildman–Crippen MR) is 111 cm³/mol. The maximum Gasteiger partial charge on any atom is 0.256 e. The van der Waals surface area contributed by atoms with E-state index in [1.54, 1.807) is 23.4 Å². The minimum absolute atomic E-state index is 0.101. The van der Waals surface area contributed by atoms with Gasteiger partial charge in [0.1, 0.15) is 5.82 Å². The van der Waals surface area contributed by atoms with Crippen LogP contribution in [-0.4, -0.2) is 49.7 Å². The summed E-state index contributed by atoms with van der Waals surface area (Å²) in [5.74, 6) is 0.589. The third-order valence-electron chi connectivity index (χ3n) is 5.98. The lowest BCUT2D eigenvalue weighted by atomic mass is 10.0. The summed E-state index contributed by atoms with van der Waals surface area (Å²) < 4.78 is 0. The molecular weight excluding hydrogens is 382 g/mol. The molecule has 1 fully saturated rings. The molecule has 4 rings (SSSR count). The van der Waals surface area contributed by atoms with Crippen LogP contribution in [0.3, 0.4) is 0 Å². The second-order valence-corrected chi connectivity index (χ2v) is 8.04. The molecule has 0 spiro atoms. The average molecular weight is 409 g/mol. The number of nitrogens with zero attached hydrogens (tertiary/aromatic N) is 4. The molecule has 0 bridgehead atoms. The second-order valence-electron chi connectivity index (χ2n) is 8.04. The summed E-state index contributed by atoms with van der Waals surface area (Å²) in [5, 5.41) is 0. The van der Waals surface area contributed by atoms with E-state index >= 15 is 0 Å². The van der Waals surface area contributed by atoms with Crippen LogP contribution >= 0.6 is 0 Å². The molecule has 2 aliphatic rings. The molecule has 2 amide bonds. The maximum atomic E-state index is 12.9. The molecule has 0 radical (unpaired) electrons. The Morgan fingerprint density at radius 1 is 1.30 bits per heavy atom. The van der Waals surface area contributed by atoms with Crippen molar-refractivity contribution < 1.29 is 9.59 Å². The van der Waals surface area contributed by atoms with Gasteiger partial charge in [-0.1, -0.05) is 6.92 Å². The molecular formula is C22H27N5O3. The van der Waals surface area contributed by atoms with Gasteiger partial charge in [0, 0.05) is 43.9 Å². The van der Waals surface area contributed by atoms with E-state index in [2.05, 4.69) is 9.97 Å². The molecule has 2 aromatic rings. The fourth-order valence-corrected chi connectivity index (χ4v) is 4.37. The van der Waals surface area contributed by atoms with Crippen molar-refractivity contribution in [3.8, 4) is 0 Å². The van der Waals surface area contributed by atoms with Gasteiger partial charge in [0.15, 0.2) is 0 Å². The van der Waals surface area contributed by atoms with Gasteiger partial charge in [-0.2, -0.15) is 0 Å². The number of H-pyrrole nitrogens is 1. The molecule has 1 atom stereocenters. The molecule has 30 heavy (non-hydrogen) atoms. The number of hydrogen-bond acceptors (Lipinski definition) is 5. The van der Waals surface area contributed by atoms with Crippen LogP contribution in [0.1, 0.15) is 71.7 Å². The van der Waals surface area contributed by atoms with Gasteiger partial charge in [0.05, 0.1) is 23.8 Å². The maximum absolute atomic E-state index is 12.9. The first-order valence-electron chi connectivity index (χ1n) is 10.6. The van der Waals surface area contributed by atoms with Crippen LogP contribution in [0.4, 0.5) is 0 Å². The number of amides is 2. The van der Waals surface area contributed by atoms with E-state index in [1.807, 2.05) is 18.7 Å². The van der Waals surface area contributed by atoms with Gasteiger partial charge in [0.2, 0.25) is 5.91 Å². The van der Waals surface area contributed by atoms with Gasteiger partial charge in [-0.3, -0.25) is 19.4 Å². The molecule has 1 saturated heterocycles. The van der Waals surface area contributed by atoms with Gasteiger partial charge in [-0.25, -0.2) is 4.98 Å². The zero-order valence-corrected chi connectivity index (χ0v) is 17.5. The Labute approximate surface area is 175 Å². The van der Waals surface area contributed by atoms with E-state index in [-0.39, 0.29) is 30.0 Å². The van der Waals surface area contributed by atoms with Crippen LogP contribution in [0.2, 0.25) is 0 Å². The molecule has 2 aromatic heterocycles. The van der Waals surface area contributed by atoms with Gasteiger partial charge in [-0.15, -0.1) is 0 Å². The normalized spacial score (nSPS) is 18.4. The molecule has 0 saturated carbocycles. The van der Waals surface area contributed by atoms with Crippen molar-refractivity contribution in [2.24, 2.45) is 0 Å². The lowest BCUT2D eigenvalue weighted by Crippen LogP contribution is -2.41. The van der Waals surface area contributed by atoms with Gasteiger partial charge in [0.25, 0.3) is 11.5 Å². The minimum atomic E-state index is -0.214. The van der Waals surface area contributed by atoms with Gasteiger partial charge in [-0.05, 0) is 37.8 Å². The van der Waals surface area contributed by atoms with Crippen molar-refractivity contribution in [1.29, 1.82) is 0 Å². The number of carbonyl (C=O) groups excluding carboxylic acids is 2. The Balaban J connectivity index is 1.57. The predicted octanol–water partition coefficient (Wildman–Crippen LogP) is 2.14. The molecule has 4 heterocycles. The highest BCUT2D eigenvalue weighted by molar-refractivity contribution is 5.95. The van der Waals surface area contributed by atoms with Crippen LogP contribution in [-0.2, 0) is 17.8 Å². The molecule has 8 heteroatoms. The van der Waals surface area contributed by atoms with Crippen molar-refractivity contribution in [2.45, 2.75) is 58.5 Å². The minimum Gasteiger partial charge on any atom is -0.334 e. The van der Waals surface area contributed by atoms with E-state index in [1.165, 1.54) is 0 Å². The Morgan fingerprint density at radius 2 is 2.13 bits per heavy atom. The Hall–Kier alpha value is -3.03. The number of aromatic nitrogens is 3. The molecule has 1 N–H and O–H groups in total. The fraction of sp³-hybridized carbons (Fsp3) is 0.500. The first-order chi connectivity index (χ1) is 14.5. The van der Waals surface area contributed by atoms with Crippen molar-refractivity contribution >= 4 is 11.8 Å². The summed E-state index contributed by atoms with van der Waals surface area (Å²) >= 11 is 0. The SMILES string of the molecule is CCCC(=O)N1CCCC1c1nc2c(c(=O)[nH]1)CN(C(=O)c1ccncc1C)CC2. The van der Waals surface area contributed by atoms with E-state index in [0.717, 1.165) is 30.5 Å². The Kier molecular flexibility index (Phi) is 5.65. The lowest BCUT2D eigenvalue weighted by Gasteiger charge is -2.29. The molecule has 1 unspecified atom stereocenters. The molecule has 8 nitrogen and oxygen atoms in total. The van der Waals surface area contributed by atoms with Crippen LogP contribution in [0.25, 0.3) is 0 Å². The Bertz CT molecular complexity index is 1030. The number of carbonyl (C=O) groups is 2. The third kappa shape index (κ3) is 3.74. The summed E-state index contributed by atoms with van der Waals surface area (Å²) in [6.07, 6.45) is 6.83. The van der Waals surface area contributed by atoms with Crippen molar-refractivity contribution in [2.75, 3.05) is 13.1 Å². The third-order valence-corrected chi connectivity index (χ3v) is 5.98. The van der Waals surface area contributed by atoms with Crippen molar-refractivity contribution in [1.82, 2.24) is 24.8 Å². The molecule has 0 aromatic carbocycles. The van der Waals surface area contributed by atoms with E-state index in [9.17, 15) is 14.4 Å². The number of likely N-dealkylation sites (tertiary alicyclic amines) is 1. The number of pyridine rings is 1. The van der Waals surface area contributed by atoms with Crippen molar-refractivity contribution in [3.05, 3.63) is 57.0 Å². The standard InChI is InChI=1S/C22H27N5O3/c1-3-5-19(28)27-10-4-6-18(27)20-24-17-8-11-26(13-16(17)21(29)25-20)22(30)15-7-9-23-12-14(15)2/h7,9,12,18H,3-6,8,10-11,13H2,1-2H3,(H,24,25,29). The first kappa shape index (κ1) is 20.3. The molecule has 0 aliphatic carbocycles. The fourth-order valence-electron chi connectivity index (χ4n) is 4.37. The monoisotopic (exact) mass is 409 g/mol. The average Bonchev–Trinajstić information content (AvgIpc) is 3.24. The highest BCUT2D eigenvalue weighted by atomic mass is 16.2. The first-order valence-corrected chi connectivity index (χ1v) is 10.6. The lowest BCUT2D eigenvalue weighted by molar-refractivity contribution is -0.132. The van der Waals surface area contributed by atoms with Crippen LogP contribution < -0.4 is 5.56 Å². The Morgan fingerprint density at radius 3 is 2.90 bits per heavy atom. The van der Waals surface area contributed by atoms with E-state index in [0.29, 0.717) is 42.9 Å². The topological polar surface area (TPSA) is 99.3 Å². The van der Waals surface area contributed by atoms with Crippen molar-refractivity contribution in [3.63, 3.8) is 0 Å². The van der Waals surface area contributed by atoms with Crippen LogP contribution in [0, 0.1) is 6.92 Å². The zero-order valence-electron chi connectivity index (χ0n) is 17.5. The highest BCUT2D eigenvalue weighted by Gasteiger charge is 2.33. The van der Waals surface area contributed by atoms with Crippen LogP contribution in [0.15, 0.2) is 23.3 Å². The number of rotatable bonds is 4. The number of aromatic amines is 1. The molecule has 158 valence electrons. The van der Waals surface area contributed by atoms with Gasteiger partial charge < -0.3 is 14.8 Å². The zero-order chi connectivity index (χ0) is 21.3. The number of aryl methyl sites for hydroxylation is 1. The highest BCUT2D eigenvalue weighted by Crippen LogP contribution is 2.31. The summed E-state index contributed by atoms with van der Waals surface area (Å²) in [5.41, 5.74) is 2.47. The molecule has 2 aliphatic heterocycles. The number of hydrogen-bond donors (Lipinski definition) is 1. The quantitative estimate of drug-likeness (QED) is 0.834. The van der Waals surface area contributed by atoms with E-state index < -0.39 is 0 Å². The van der Waals surface area contributed by atoms with E-state index in [4.69, 9.17) is 4.98 Å². The second kappa shape index (κ2) is 8.38. The van der Waals surface area contributed by atoms with Crippen LogP contribution in [0.5, 0.6) is 0 Å². The largest absolute Gasteiger partial charge is 0.334 e. The summed E-state index contributed by atoms with van der Waals surface area (Å²) in [6, 6.07) is 1.54. The van der Waals surface area contributed by atoms with Gasteiger partial charge >= 0.3 is 0 Å². The number of fused-ring (bicyclic) bond motifs is 1. The number of nitrogens with one attached hydrogen (secondary N) is 1. The smallest absolute Gasteiger partial charge is 0.256 e. The summed E-state index contributed by atoms with van der Waals surface area (Å²) in [6.45, 7) is 5.29. The summed E-state index contributed by atoms with van der Waals surface area (Å²) in [7, 11) is 0. The summed E-state index contributed by atoms with van der Waals surface area (Å²) in [4.78, 5) is 53.4.